The quantitative estimate of drug-likeness (QED) is 0.430. The van der Waals surface area contributed by atoms with Gasteiger partial charge in [-0.05, 0) is 36.1 Å². The minimum atomic E-state index is -0.342. The number of carbonyl (C=O) groups excluding carboxylic acids is 1. The molecule has 29 heavy (non-hydrogen) atoms. The van der Waals surface area contributed by atoms with E-state index in [2.05, 4.69) is 20.3 Å². The number of aromatic nitrogens is 3. The molecule has 3 rings (SSSR count). The number of ether oxygens (including phenoxy) is 2. The molecule has 0 bridgehead atoms. The summed E-state index contributed by atoms with van der Waals surface area (Å²) in [4.78, 5) is 25.4. The molecule has 0 aliphatic carbocycles. The minimum Gasteiger partial charge on any atom is -0.495 e. The standard InChI is InChI=1S/C20H19ClN4O3S/c1-27-17-7-6-13(9-16(17)21)12-28-19-15(11-24-20(25-19)29-2)18(26)23-10-14-5-3-4-8-22-14/h3-9,11H,10,12H2,1-2H3,(H,23,26). The monoisotopic (exact) mass is 430 g/mol. The number of benzene rings is 1. The predicted molar refractivity (Wildman–Crippen MR) is 112 cm³/mol. The van der Waals surface area contributed by atoms with Crippen LogP contribution in [0.5, 0.6) is 11.6 Å². The Hall–Kier alpha value is -2.84. The van der Waals surface area contributed by atoms with Crippen LogP contribution in [0.2, 0.25) is 5.02 Å². The summed E-state index contributed by atoms with van der Waals surface area (Å²) >= 11 is 7.52. The lowest BCUT2D eigenvalue weighted by atomic mass is 10.2. The largest absolute Gasteiger partial charge is 0.495 e. The Kier molecular flexibility index (Phi) is 7.26. The third kappa shape index (κ3) is 5.58. The summed E-state index contributed by atoms with van der Waals surface area (Å²) in [7, 11) is 1.55. The van der Waals surface area contributed by atoms with Crippen molar-refractivity contribution in [3.8, 4) is 11.6 Å². The normalized spacial score (nSPS) is 10.4. The Morgan fingerprint density at radius 3 is 2.79 bits per heavy atom. The van der Waals surface area contributed by atoms with E-state index >= 15 is 0 Å². The van der Waals surface area contributed by atoms with Gasteiger partial charge in [-0.25, -0.2) is 4.98 Å². The van der Waals surface area contributed by atoms with E-state index in [0.717, 1.165) is 11.3 Å². The van der Waals surface area contributed by atoms with Crippen LogP contribution in [0, 0.1) is 0 Å². The third-order valence-electron chi connectivity index (χ3n) is 3.91. The van der Waals surface area contributed by atoms with Crippen molar-refractivity contribution in [2.24, 2.45) is 0 Å². The van der Waals surface area contributed by atoms with Gasteiger partial charge < -0.3 is 14.8 Å². The molecule has 0 unspecified atom stereocenters. The van der Waals surface area contributed by atoms with Gasteiger partial charge in [0, 0.05) is 12.4 Å². The number of amides is 1. The lowest BCUT2D eigenvalue weighted by Gasteiger charge is -2.12. The molecule has 0 spiro atoms. The maximum atomic E-state index is 12.6. The predicted octanol–water partition coefficient (Wildman–Crippen LogP) is 3.76. The molecule has 0 atom stereocenters. The molecule has 1 amide bonds. The van der Waals surface area contributed by atoms with Crippen molar-refractivity contribution in [2.75, 3.05) is 13.4 Å². The second kappa shape index (κ2) is 10.1. The number of nitrogens with zero attached hydrogens (tertiary/aromatic N) is 3. The first-order valence-electron chi connectivity index (χ1n) is 8.65. The Labute approximate surface area is 177 Å². The number of methoxy groups -OCH3 is 1. The zero-order valence-corrected chi connectivity index (χ0v) is 17.5. The van der Waals surface area contributed by atoms with E-state index in [0.29, 0.717) is 15.9 Å². The van der Waals surface area contributed by atoms with Gasteiger partial charge in [-0.2, -0.15) is 4.98 Å². The molecule has 0 aliphatic rings. The van der Waals surface area contributed by atoms with Crippen LogP contribution in [-0.4, -0.2) is 34.2 Å². The molecule has 1 N–H and O–H groups in total. The van der Waals surface area contributed by atoms with Gasteiger partial charge >= 0.3 is 0 Å². The molecule has 7 nitrogen and oxygen atoms in total. The molecule has 150 valence electrons. The number of hydrogen-bond acceptors (Lipinski definition) is 7. The Balaban J connectivity index is 1.74. The van der Waals surface area contributed by atoms with Crippen LogP contribution in [-0.2, 0) is 13.2 Å². The number of pyridine rings is 1. The molecular formula is C20H19ClN4O3S. The summed E-state index contributed by atoms with van der Waals surface area (Å²) in [6, 6.07) is 10.9. The molecule has 1 aromatic carbocycles. The van der Waals surface area contributed by atoms with Crippen molar-refractivity contribution in [3.05, 3.63) is 70.6 Å². The highest BCUT2D eigenvalue weighted by Crippen LogP contribution is 2.26. The highest BCUT2D eigenvalue weighted by molar-refractivity contribution is 7.98. The van der Waals surface area contributed by atoms with Crippen LogP contribution >= 0.6 is 23.4 Å². The summed E-state index contributed by atoms with van der Waals surface area (Å²) in [5.41, 5.74) is 1.82. The number of carbonyl (C=O) groups is 1. The molecule has 0 saturated carbocycles. The van der Waals surface area contributed by atoms with Gasteiger partial charge in [-0.15, -0.1) is 0 Å². The molecule has 2 heterocycles. The zero-order chi connectivity index (χ0) is 20.6. The fourth-order valence-electron chi connectivity index (χ4n) is 2.44. The van der Waals surface area contributed by atoms with E-state index in [1.54, 1.807) is 25.4 Å². The van der Waals surface area contributed by atoms with Crippen molar-refractivity contribution < 1.29 is 14.3 Å². The highest BCUT2D eigenvalue weighted by Gasteiger charge is 2.17. The molecule has 2 aromatic heterocycles. The number of thioether (sulfide) groups is 1. The van der Waals surface area contributed by atoms with E-state index in [1.165, 1.54) is 18.0 Å². The number of nitrogens with one attached hydrogen (secondary N) is 1. The van der Waals surface area contributed by atoms with E-state index in [4.69, 9.17) is 21.1 Å². The fraction of sp³-hybridized carbons (Fsp3) is 0.200. The first-order valence-corrected chi connectivity index (χ1v) is 10.3. The van der Waals surface area contributed by atoms with Gasteiger partial charge in [0.15, 0.2) is 5.16 Å². The van der Waals surface area contributed by atoms with Crippen LogP contribution in [0.15, 0.2) is 53.9 Å². The Bertz CT molecular complexity index is 989. The Morgan fingerprint density at radius 2 is 2.10 bits per heavy atom. The second-order valence-corrected chi connectivity index (χ2v) is 7.02. The van der Waals surface area contributed by atoms with E-state index in [9.17, 15) is 4.79 Å². The maximum Gasteiger partial charge on any atom is 0.258 e. The van der Waals surface area contributed by atoms with Crippen molar-refractivity contribution in [3.63, 3.8) is 0 Å². The smallest absolute Gasteiger partial charge is 0.258 e. The minimum absolute atomic E-state index is 0.190. The summed E-state index contributed by atoms with van der Waals surface area (Å²) in [5.74, 6) is 0.442. The van der Waals surface area contributed by atoms with Gasteiger partial charge in [-0.3, -0.25) is 9.78 Å². The number of halogens is 1. The first kappa shape index (κ1) is 20.9. The van der Waals surface area contributed by atoms with Gasteiger partial charge in [0.2, 0.25) is 5.88 Å². The molecule has 3 aromatic rings. The third-order valence-corrected chi connectivity index (χ3v) is 4.76. The SMILES string of the molecule is COc1ccc(COc2nc(SC)ncc2C(=O)NCc2ccccn2)cc1Cl. The number of hydrogen-bond donors (Lipinski definition) is 1. The van der Waals surface area contributed by atoms with Crippen LogP contribution in [0.4, 0.5) is 0 Å². The second-order valence-electron chi connectivity index (χ2n) is 5.84. The lowest BCUT2D eigenvalue weighted by Crippen LogP contribution is -2.24. The van der Waals surface area contributed by atoms with Crippen molar-refractivity contribution >= 4 is 29.3 Å². The summed E-state index contributed by atoms with van der Waals surface area (Å²) < 4.78 is 11.0. The van der Waals surface area contributed by atoms with Crippen LogP contribution in [0.25, 0.3) is 0 Å². The summed E-state index contributed by atoms with van der Waals surface area (Å²) in [5, 5.41) is 3.80. The van der Waals surface area contributed by atoms with Gasteiger partial charge in [-0.1, -0.05) is 35.5 Å². The molecule has 0 aliphatic heterocycles. The van der Waals surface area contributed by atoms with Crippen molar-refractivity contribution in [2.45, 2.75) is 18.3 Å². The van der Waals surface area contributed by atoms with Crippen molar-refractivity contribution in [1.29, 1.82) is 0 Å². The topological polar surface area (TPSA) is 86.2 Å². The van der Waals surface area contributed by atoms with Crippen LogP contribution in [0.3, 0.4) is 0 Å². The first-order chi connectivity index (χ1) is 14.1. The molecule has 0 radical (unpaired) electrons. The van der Waals surface area contributed by atoms with Gasteiger partial charge in [0.05, 0.1) is 24.4 Å². The maximum absolute atomic E-state index is 12.6. The molecule has 0 saturated heterocycles. The van der Waals surface area contributed by atoms with Crippen LogP contribution < -0.4 is 14.8 Å². The Morgan fingerprint density at radius 1 is 1.24 bits per heavy atom. The van der Waals surface area contributed by atoms with Crippen LogP contribution in [0.1, 0.15) is 21.6 Å². The average molecular weight is 431 g/mol. The van der Waals surface area contributed by atoms with E-state index < -0.39 is 0 Å². The molecular weight excluding hydrogens is 412 g/mol. The summed E-state index contributed by atoms with van der Waals surface area (Å²) in [6.07, 6.45) is 4.98. The van der Waals surface area contributed by atoms with Gasteiger partial charge in [0.25, 0.3) is 5.91 Å². The highest BCUT2D eigenvalue weighted by atomic mass is 35.5. The number of rotatable bonds is 8. The fourth-order valence-corrected chi connectivity index (χ4v) is 3.05. The average Bonchev–Trinajstić information content (AvgIpc) is 2.76. The van der Waals surface area contributed by atoms with E-state index in [1.807, 2.05) is 30.5 Å². The molecule has 9 heteroatoms. The van der Waals surface area contributed by atoms with Gasteiger partial charge in [0.1, 0.15) is 17.9 Å². The van der Waals surface area contributed by atoms with Crippen molar-refractivity contribution in [1.82, 2.24) is 20.3 Å². The lowest BCUT2D eigenvalue weighted by molar-refractivity contribution is 0.0944. The molecule has 0 fully saturated rings. The van der Waals surface area contributed by atoms with E-state index in [-0.39, 0.29) is 30.5 Å². The zero-order valence-electron chi connectivity index (χ0n) is 15.9. The summed E-state index contributed by atoms with van der Waals surface area (Å²) in [6.45, 7) is 0.479.